The Morgan fingerprint density at radius 3 is 2.26 bits per heavy atom. The second-order valence-corrected chi connectivity index (χ2v) is 7.58. The fraction of sp³-hybridized carbons (Fsp3) is 0.304. The van der Waals surface area contributed by atoms with Crippen LogP contribution >= 0.6 is 0 Å². The molecule has 1 aliphatic heterocycles. The van der Waals surface area contributed by atoms with Crippen molar-refractivity contribution < 1.29 is 19.2 Å². The van der Waals surface area contributed by atoms with Gasteiger partial charge in [-0.3, -0.25) is 24.6 Å². The Morgan fingerprint density at radius 2 is 1.68 bits per heavy atom. The van der Waals surface area contributed by atoms with Crippen LogP contribution in [0.15, 0.2) is 54.2 Å². The molecule has 162 valence electrons. The summed E-state index contributed by atoms with van der Waals surface area (Å²) in [5, 5.41) is 14.0. The van der Waals surface area contributed by atoms with E-state index in [-0.39, 0.29) is 29.6 Å². The van der Waals surface area contributed by atoms with Crippen molar-refractivity contribution in [2.45, 2.75) is 33.3 Å². The molecule has 0 atom stereocenters. The van der Waals surface area contributed by atoms with Crippen LogP contribution in [0.1, 0.15) is 31.4 Å². The average molecular weight is 423 g/mol. The Balaban J connectivity index is 1.91. The van der Waals surface area contributed by atoms with Gasteiger partial charge in [0.15, 0.2) is 0 Å². The molecule has 1 aliphatic rings. The van der Waals surface area contributed by atoms with Crippen molar-refractivity contribution in [1.29, 1.82) is 0 Å². The Hall–Kier alpha value is -3.52. The number of anilines is 1. The lowest BCUT2D eigenvalue weighted by Gasteiger charge is -2.16. The molecular weight excluding hydrogens is 398 g/mol. The van der Waals surface area contributed by atoms with Crippen LogP contribution in [0, 0.1) is 17.0 Å². The van der Waals surface area contributed by atoms with E-state index in [1.807, 2.05) is 45.0 Å². The van der Waals surface area contributed by atoms with Crippen molar-refractivity contribution >= 4 is 28.8 Å². The fourth-order valence-electron chi connectivity index (χ4n) is 3.24. The third kappa shape index (κ3) is 5.16. The zero-order chi connectivity index (χ0) is 22.5. The third-order valence-corrected chi connectivity index (χ3v) is 4.83. The van der Waals surface area contributed by atoms with Gasteiger partial charge in [0.05, 0.1) is 16.6 Å². The van der Waals surface area contributed by atoms with Crippen LogP contribution in [-0.2, 0) is 14.3 Å². The smallest absolute Gasteiger partial charge is 0.278 e. The van der Waals surface area contributed by atoms with Crippen LogP contribution < -0.4 is 5.32 Å². The molecule has 0 saturated heterocycles. The highest BCUT2D eigenvalue weighted by atomic mass is 16.6. The first kappa shape index (κ1) is 22.2. The minimum Gasteiger partial charge on any atom is -0.379 e. The second-order valence-electron chi connectivity index (χ2n) is 7.58. The number of rotatable bonds is 9. The summed E-state index contributed by atoms with van der Waals surface area (Å²) in [5.41, 5.74) is 2.45. The molecule has 8 heteroatoms. The van der Waals surface area contributed by atoms with Gasteiger partial charge >= 0.3 is 0 Å². The monoisotopic (exact) mass is 423 g/mol. The van der Waals surface area contributed by atoms with Crippen molar-refractivity contribution in [3.8, 4) is 0 Å². The van der Waals surface area contributed by atoms with Crippen molar-refractivity contribution in [3.05, 3.63) is 75.5 Å². The normalized spacial score (nSPS) is 14.0. The Labute approximate surface area is 180 Å². The van der Waals surface area contributed by atoms with Crippen LogP contribution in [0.3, 0.4) is 0 Å². The number of carbonyl (C=O) groups is 2. The summed E-state index contributed by atoms with van der Waals surface area (Å²) in [7, 11) is 0. The highest BCUT2D eigenvalue weighted by Crippen LogP contribution is 2.31. The molecule has 8 nitrogen and oxygen atoms in total. The first-order valence-electron chi connectivity index (χ1n) is 10.1. The molecule has 3 rings (SSSR count). The number of nitrogens with one attached hydrogen (secondary N) is 1. The minimum atomic E-state index is -0.508. The van der Waals surface area contributed by atoms with Gasteiger partial charge in [0.2, 0.25) is 0 Å². The number of nitro benzene ring substituents is 1. The van der Waals surface area contributed by atoms with Crippen LogP contribution in [0.2, 0.25) is 0 Å². The number of hydrogen-bond donors (Lipinski definition) is 1. The number of non-ortho nitro benzene ring substituents is 1. The van der Waals surface area contributed by atoms with E-state index in [1.54, 1.807) is 0 Å². The van der Waals surface area contributed by atoms with E-state index in [9.17, 15) is 19.7 Å². The lowest BCUT2D eigenvalue weighted by Crippen LogP contribution is -2.34. The molecule has 0 saturated carbocycles. The summed E-state index contributed by atoms with van der Waals surface area (Å²) in [4.78, 5) is 37.9. The summed E-state index contributed by atoms with van der Waals surface area (Å²) in [6, 6.07) is 13.1. The lowest BCUT2D eigenvalue weighted by molar-refractivity contribution is -0.384. The molecule has 0 fully saturated rings. The molecular formula is C23H25N3O5. The zero-order valence-corrected chi connectivity index (χ0v) is 17.8. The number of nitrogens with zero attached hydrogens (tertiary/aromatic N) is 2. The van der Waals surface area contributed by atoms with Crippen LogP contribution in [0.5, 0.6) is 0 Å². The lowest BCUT2D eigenvalue weighted by atomic mass is 10.0. The van der Waals surface area contributed by atoms with Gasteiger partial charge in [-0.2, -0.15) is 0 Å². The number of imide groups is 1. The van der Waals surface area contributed by atoms with E-state index < -0.39 is 16.7 Å². The molecule has 0 unspecified atom stereocenters. The number of hydrogen-bond acceptors (Lipinski definition) is 6. The highest BCUT2D eigenvalue weighted by molar-refractivity contribution is 6.36. The third-order valence-electron chi connectivity index (χ3n) is 4.83. The van der Waals surface area contributed by atoms with Gasteiger partial charge in [-0.1, -0.05) is 17.7 Å². The van der Waals surface area contributed by atoms with Crippen molar-refractivity contribution in [2.24, 2.45) is 0 Å². The molecule has 0 bridgehead atoms. The van der Waals surface area contributed by atoms with Crippen molar-refractivity contribution in [2.75, 3.05) is 18.5 Å². The summed E-state index contributed by atoms with van der Waals surface area (Å²) < 4.78 is 5.51. The topological polar surface area (TPSA) is 102 Å². The molecule has 2 amide bonds. The quantitative estimate of drug-likeness (QED) is 0.284. The second kappa shape index (κ2) is 9.53. The van der Waals surface area contributed by atoms with Gasteiger partial charge in [-0.25, -0.2) is 0 Å². The first-order chi connectivity index (χ1) is 14.8. The maximum atomic E-state index is 13.2. The Morgan fingerprint density at radius 1 is 1.03 bits per heavy atom. The number of benzene rings is 2. The molecule has 1 N–H and O–H groups in total. The maximum absolute atomic E-state index is 13.2. The van der Waals surface area contributed by atoms with E-state index in [0.29, 0.717) is 24.3 Å². The molecule has 0 spiro atoms. The van der Waals surface area contributed by atoms with E-state index >= 15 is 0 Å². The van der Waals surface area contributed by atoms with E-state index in [4.69, 9.17) is 4.74 Å². The highest BCUT2D eigenvalue weighted by Gasteiger charge is 2.39. The predicted octanol–water partition coefficient (Wildman–Crippen LogP) is 3.91. The maximum Gasteiger partial charge on any atom is 0.278 e. The number of carbonyl (C=O) groups excluding carboxylic acids is 2. The predicted molar refractivity (Wildman–Crippen MR) is 117 cm³/mol. The summed E-state index contributed by atoms with van der Waals surface area (Å²) in [6.07, 6.45) is 0.582. The number of ether oxygens (including phenoxy) is 1. The molecule has 31 heavy (non-hydrogen) atoms. The van der Waals surface area contributed by atoms with Crippen molar-refractivity contribution in [3.63, 3.8) is 0 Å². The van der Waals surface area contributed by atoms with Crippen LogP contribution in [-0.4, -0.2) is 40.9 Å². The molecule has 0 aliphatic carbocycles. The Bertz CT molecular complexity index is 1010. The summed E-state index contributed by atoms with van der Waals surface area (Å²) in [5.74, 6) is -0.860. The SMILES string of the molecule is Cc1ccc(NC2=C(c3ccc([N+](=O)[O-])cc3)C(=O)N(CCCOC(C)C)C2=O)cc1. The summed E-state index contributed by atoms with van der Waals surface area (Å²) in [6.45, 7) is 6.45. The summed E-state index contributed by atoms with van der Waals surface area (Å²) >= 11 is 0. The first-order valence-corrected chi connectivity index (χ1v) is 10.1. The van der Waals surface area contributed by atoms with Gasteiger partial charge < -0.3 is 10.1 Å². The largest absolute Gasteiger partial charge is 0.379 e. The van der Waals surface area contributed by atoms with E-state index in [0.717, 1.165) is 5.56 Å². The number of aryl methyl sites for hydroxylation is 1. The van der Waals surface area contributed by atoms with Crippen molar-refractivity contribution in [1.82, 2.24) is 4.90 Å². The molecule has 0 radical (unpaired) electrons. The van der Waals surface area contributed by atoms with Crippen LogP contribution in [0.25, 0.3) is 5.57 Å². The molecule has 2 aromatic carbocycles. The average Bonchev–Trinajstić information content (AvgIpc) is 2.96. The molecule has 2 aromatic rings. The van der Waals surface area contributed by atoms with E-state index in [2.05, 4.69) is 5.32 Å². The van der Waals surface area contributed by atoms with Gasteiger partial charge in [0.25, 0.3) is 17.5 Å². The van der Waals surface area contributed by atoms with E-state index in [1.165, 1.54) is 29.2 Å². The van der Waals surface area contributed by atoms with Gasteiger partial charge in [-0.15, -0.1) is 0 Å². The minimum absolute atomic E-state index is 0.0672. The molecule has 0 aromatic heterocycles. The molecule has 1 heterocycles. The van der Waals surface area contributed by atoms with Gasteiger partial charge in [0.1, 0.15) is 5.70 Å². The number of nitro groups is 1. The fourth-order valence-corrected chi connectivity index (χ4v) is 3.24. The van der Waals surface area contributed by atoms with Crippen LogP contribution in [0.4, 0.5) is 11.4 Å². The van der Waals surface area contributed by atoms with Gasteiger partial charge in [0, 0.05) is 31.0 Å². The standard InChI is InChI=1S/C23H25N3O5/c1-15(2)31-14-4-13-25-22(27)20(17-7-11-19(12-8-17)26(29)30)21(23(25)28)24-18-9-5-16(3)6-10-18/h5-12,15,24H,4,13-14H2,1-3H3. The Kier molecular flexibility index (Phi) is 6.81. The zero-order valence-electron chi connectivity index (χ0n) is 17.8. The number of amides is 2. The van der Waals surface area contributed by atoms with Gasteiger partial charge in [-0.05, 0) is 57.0 Å².